The predicted molar refractivity (Wildman–Crippen MR) is 90.3 cm³/mol. The Morgan fingerprint density at radius 1 is 0.957 bits per heavy atom. The third-order valence-electron chi connectivity index (χ3n) is 3.99. The maximum atomic E-state index is 12.4. The fraction of sp³-hybridized carbons (Fsp3) is 0.316. The number of aryl methyl sites for hydroxylation is 1. The first-order chi connectivity index (χ1) is 11.1. The molecule has 2 aromatic rings. The van der Waals surface area contributed by atoms with Crippen LogP contribution in [0.25, 0.3) is 0 Å². The highest BCUT2D eigenvalue weighted by Gasteiger charge is 2.31. The summed E-state index contributed by atoms with van der Waals surface area (Å²) < 4.78 is 0. The van der Waals surface area contributed by atoms with Gasteiger partial charge in [0.25, 0.3) is 5.91 Å². The van der Waals surface area contributed by atoms with E-state index >= 15 is 0 Å². The molecule has 0 unspecified atom stereocenters. The van der Waals surface area contributed by atoms with Crippen LogP contribution in [0.4, 0.5) is 0 Å². The van der Waals surface area contributed by atoms with Gasteiger partial charge in [0, 0.05) is 12.0 Å². The molecule has 4 heteroatoms. The predicted octanol–water partition coefficient (Wildman–Crippen LogP) is 1.94. The molecule has 1 amide bonds. The van der Waals surface area contributed by atoms with Crippen LogP contribution < -0.4 is 5.32 Å². The van der Waals surface area contributed by atoms with Gasteiger partial charge in [-0.25, -0.2) is 0 Å². The summed E-state index contributed by atoms with van der Waals surface area (Å²) in [5.74, 6) is -0.299. The maximum Gasteiger partial charge on any atom is 0.251 e. The molecule has 0 fully saturated rings. The van der Waals surface area contributed by atoms with Crippen LogP contribution in [-0.4, -0.2) is 34.9 Å². The fourth-order valence-electron chi connectivity index (χ4n) is 2.48. The molecule has 0 atom stereocenters. The van der Waals surface area contributed by atoms with E-state index in [9.17, 15) is 15.0 Å². The van der Waals surface area contributed by atoms with Crippen molar-refractivity contribution in [3.05, 3.63) is 71.3 Å². The van der Waals surface area contributed by atoms with E-state index in [1.54, 1.807) is 12.1 Å². The molecule has 2 aromatic carbocycles. The second kappa shape index (κ2) is 7.90. The van der Waals surface area contributed by atoms with Crippen LogP contribution in [-0.2, 0) is 12.8 Å². The van der Waals surface area contributed by atoms with Gasteiger partial charge in [-0.3, -0.25) is 4.79 Å². The van der Waals surface area contributed by atoms with Crippen molar-refractivity contribution in [3.8, 4) is 0 Å². The van der Waals surface area contributed by atoms with Gasteiger partial charge in [0.1, 0.15) is 0 Å². The highest BCUT2D eigenvalue weighted by molar-refractivity contribution is 5.94. The summed E-state index contributed by atoms with van der Waals surface area (Å²) in [7, 11) is 0. The molecule has 0 aliphatic carbocycles. The van der Waals surface area contributed by atoms with E-state index < -0.39 is 5.54 Å². The molecular formula is C19H23NO3. The molecule has 0 aliphatic rings. The lowest BCUT2D eigenvalue weighted by molar-refractivity contribution is 0.0667. The average molecular weight is 313 g/mol. The summed E-state index contributed by atoms with van der Waals surface area (Å²) in [6, 6.07) is 16.8. The SMILES string of the molecule is CCc1ccc(C(=O)NC(CO)(CO)Cc2ccccc2)cc1. The third-order valence-corrected chi connectivity index (χ3v) is 3.99. The zero-order valence-electron chi connectivity index (χ0n) is 13.3. The van der Waals surface area contributed by atoms with Gasteiger partial charge < -0.3 is 15.5 Å². The molecule has 0 saturated heterocycles. The van der Waals surface area contributed by atoms with Gasteiger partial charge in [0.05, 0.1) is 18.8 Å². The Bertz CT molecular complexity index is 619. The smallest absolute Gasteiger partial charge is 0.251 e. The third kappa shape index (κ3) is 4.41. The highest BCUT2D eigenvalue weighted by Crippen LogP contribution is 2.15. The Morgan fingerprint density at radius 3 is 2.09 bits per heavy atom. The molecule has 0 aliphatic heterocycles. The second-order valence-electron chi connectivity index (χ2n) is 5.76. The number of benzene rings is 2. The van der Waals surface area contributed by atoms with E-state index in [1.165, 1.54) is 0 Å². The molecule has 23 heavy (non-hydrogen) atoms. The molecule has 0 aromatic heterocycles. The van der Waals surface area contributed by atoms with Crippen LogP contribution >= 0.6 is 0 Å². The van der Waals surface area contributed by atoms with E-state index in [0.29, 0.717) is 12.0 Å². The minimum Gasteiger partial charge on any atom is -0.394 e. The van der Waals surface area contributed by atoms with Gasteiger partial charge in [0.15, 0.2) is 0 Å². The molecule has 0 saturated carbocycles. The Balaban J connectivity index is 2.15. The lowest BCUT2D eigenvalue weighted by Gasteiger charge is -2.31. The first kappa shape index (κ1) is 17.2. The van der Waals surface area contributed by atoms with Crippen molar-refractivity contribution in [3.63, 3.8) is 0 Å². The first-order valence-electron chi connectivity index (χ1n) is 7.79. The second-order valence-corrected chi connectivity index (χ2v) is 5.76. The maximum absolute atomic E-state index is 12.4. The van der Waals surface area contributed by atoms with E-state index in [1.807, 2.05) is 42.5 Å². The zero-order valence-corrected chi connectivity index (χ0v) is 13.3. The van der Waals surface area contributed by atoms with Gasteiger partial charge >= 0.3 is 0 Å². The fourth-order valence-corrected chi connectivity index (χ4v) is 2.48. The van der Waals surface area contributed by atoms with Crippen molar-refractivity contribution in [2.75, 3.05) is 13.2 Å². The zero-order chi connectivity index (χ0) is 16.7. The number of carbonyl (C=O) groups is 1. The van der Waals surface area contributed by atoms with Crippen LogP contribution in [0.15, 0.2) is 54.6 Å². The molecule has 122 valence electrons. The summed E-state index contributed by atoms with van der Waals surface area (Å²) in [6.07, 6.45) is 1.27. The minimum absolute atomic E-state index is 0.299. The number of aliphatic hydroxyl groups excluding tert-OH is 2. The first-order valence-corrected chi connectivity index (χ1v) is 7.79. The van der Waals surface area contributed by atoms with Gasteiger partial charge in [-0.1, -0.05) is 49.4 Å². The average Bonchev–Trinajstić information content (AvgIpc) is 2.62. The van der Waals surface area contributed by atoms with Crippen LogP contribution in [0, 0.1) is 0 Å². The minimum atomic E-state index is -1.08. The molecule has 0 heterocycles. The monoisotopic (exact) mass is 313 g/mol. The van der Waals surface area contributed by atoms with Crippen molar-refractivity contribution in [2.45, 2.75) is 25.3 Å². The van der Waals surface area contributed by atoms with Crippen molar-refractivity contribution >= 4 is 5.91 Å². The summed E-state index contributed by atoms with van der Waals surface area (Å²) >= 11 is 0. The summed E-state index contributed by atoms with van der Waals surface area (Å²) in [6.45, 7) is 1.38. The Kier molecular flexibility index (Phi) is 5.90. The number of hydrogen-bond acceptors (Lipinski definition) is 3. The van der Waals surface area contributed by atoms with Crippen molar-refractivity contribution in [1.29, 1.82) is 0 Å². The lowest BCUT2D eigenvalue weighted by atomic mass is 9.91. The standard InChI is InChI=1S/C19H23NO3/c1-2-15-8-10-17(11-9-15)18(23)20-19(13-21,14-22)12-16-6-4-3-5-7-16/h3-11,21-22H,2,12-14H2,1H3,(H,20,23). The van der Waals surface area contributed by atoms with Crippen molar-refractivity contribution < 1.29 is 15.0 Å². The van der Waals surface area contributed by atoms with Gasteiger partial charge in [0.2, 0.25) is 0 Å². The molecular weight excluding hydrogens is 290 g/mol. The van der Waals surface area contributed by atoms with Gasteiger partial charge in [-0.05, 0) is 29.7 Å². The topological polar surface area (TPSA) is 69.6 Å². The quantitative estimate of drug-likeness (QED) is 0.732. The summed E-state index contributed by atoms with van der Waals surface area (Å²) in [5, 5.41) is 22.3. The molecule has 4 nitrogen and oxygen atoms in total. The number of amides is 1. The van der Waals surface area contributed by atoms with Crippen LogP contribution in [0.3, 0.4) is 0 Å². The van der Waals surface area contributed by atoms with E-state index in [0.717, 1.165) is 17.5 Å². The number of aliphatic hydroxyl groups is 2. The van der Waals surface area contributed by atoms with E-state index in [2.05, 4.69) is 12.2 Å². The van der Waals surface area contributed by atoms with Crippen LogP contribution in [0.1, 0.15) is 28.4 Å². The van der Waals surface area contributed by atoms with Gasteiger partial charge in [-0.2, -0.15) is 0 Å². The van der Waals surface area contributed by atoms with Crippen LogP contribution in [0.2, 0.25) is 0 Å². The number of nitrogens with one attached hydrogen (secondary N) is 1. The van der Waals surface area contributed by atoms with Crippen LogP contribution in [0.5, 0.6) is 0 Å². The van der Waals surface area contributed by atoms with Gasteiger partial charge in [-0.15, -0.1) is 0 Å². The molecule has 0 bridgehead atoms. The lowest BCUT2D eigenvalue weighted by Crippen LogP contribution is -2.55. The summed E-state index contributed by atoms with van der Waals surface area (Å²) in [4.78, 5) is 12.4. The summed E-state index contributed by atoms with van der Waals surface area (Å²) in [5.41, 5.74) is 1.53. The normalized spacial score (nSPS) is 11.3. The Labute approximate surface area is 136 Å². The number of hydrogen-bond donors (Lipinski definition) is 3. The Morgan fingerprint density at radius 2 is 1.57 bits per heavy atom. The van der Waals surface area contributed by atoms with Crippen molar-refractivity contribution in [2.24, 2.45) is 0 Å². The number of carbonyl (C=O) groups excluding carboxylic acids is 1. The molecule has 0 spiro atoms. The van der Waals surface area contributed by atoms with Crippen molar-refractivity contribution in [1.82, 2.24) is 5.32 Å². The molecule has 0 radical (unpaired) electrons. The molecule has 3 N–H and O–H groups in total. The highest BCUT2D eigenvalue weighted by atomic mass is 16.3. The number of rotatable bonds is 7. The Hall–Kier alpha value is -2.17. The molecule has 2 rings (SSSR count). The van der Waals surface area contributed by atoms with E-state index in [-0.39, 0.29) is 19.1 Å². The largest absolute Gasteiger partial charge is 0.394 e. The van der Waals surface area contributed by atoms with E-state index in [4.69, 9.17) is 0 Å².